The summed E-state index contributed by atoms with van der Waals surface area (Å²) in [4.78, 5) is 33.3. The molecular weight excluding hydrogens is 355 g/mol. The first-order chi connectivity index (χ1) is 13.0. The van der Waals surface area contributed by atoms with Gasteiger partial charge in [-0.2, -0.15) is 4.68 Å². The lowest BCUT2D eigenvalue weighted by Gasteiger charge is -2.16. The van der Waals surface area contributed by atoms with Crippen LogP contribution in [0.15, 0.2) is 28.2 Å². The maximum atomic E-state index is 14.9. The minimum Gasteiger partial charge on any atom is -0.494 e. The van der Waals surface area contributed by atoms with Crippen LogP contribution >= 0.6 is 0 Å². The van der Waals surface area contributed by atoms with E-state index in [-0.39, 0.29) is 35.1 Å². The summed E-state index contributed by atoms with van der Waals surface area (Å²) in [5.74, 6) is 4.86. The van der Waals surface area contributed by atoms with Gasteiger partial charge in [0.05, 0.1) is 18.9 Å². The lowest BCUT2D eigenvalue weighted by Crippen LogP contribution is -2.44. The number of pyridine rings is 1. The molecule has 0 spiro atoms. The van der Waals surface area contributed by atoms with Crippen LogP contribution < -0.4 is 27.6 Å². The third kappa shape index (κ3) is 2.56. The quantitative estimate of drug-likeness (QED) is 0.622. The Morgan fingerprint density at radius 1 is 1.30 bits per heavy atom. The van der Waals surface area contributed by atoms with Gasteiger partial charge in [-0.15, -0.1) is 0 Å². The number of nitrogens with two attached hydrogens (primary N) is 2. The molecule has 0 bridgehead atoms. The minimum atomic E-state index is -0.859. The summed E-state index contributed by atoms with van der Waals surface area (Å²) in [5.41, 5.74) is 5.24. The molecule has 1 aliphatic carbocycles. The van der Waals surface area contributed by atoms with Crippen molar-refractivity contribution >= 4 is 5.52 Å². The van der Waals surface area contributed by atoms with Crippen LogP contribution in [0, 0.1) is 5.82 Å². The Morgan fingerprint density at radius 3 is 2.52 bits per heavy atom. The van der Waals surface area contributed by atoms with Gasteiger partial charge in [0.25, 0.3) is 5.56 Å². The van der Waals surface area contributed by atoms with Gasteiger partial charge in [-0.3, -0.25) is 9.20 Å². The highest BCUT2D eigenvalue weighted by atomic mass is 19.1. The molecule has 27 heavy (non-hydrogen) atoms. The maximum Gasteiger partial charge on any atom is 0.354 e. The van der Waals surface area contributed by atoms with Gasteiger partial charge >= 0.3 is 5.69 Å². The van der Waals surface area contributed by atoms with Crippen LogP contribution in [0.25, 0.3) is 16.9 Å². The highest BCUT2D eigenvalue weighted by molar-refractivity contribution is 5.79. The molecule has 0 radical (unpaired) electrons. The average Bonchev–Trinajstić information content (AvgIpc) is 3.51. The number of nitrogens with zero attached hydrogens (tertiary/aromatic N) is 4. The lowest BCUT2D eigenvalue weighted by molar-refractivity contribution is 0.414. The number of fused-ring (bicyclic) bond motifs is 1. The monoisotopic (exact) mass is 372 g/mol. The highest BCUT2D eigenvalue weighted by Crippen LogP contribution is 2.44. The predicted octanol–water partition coefficient (Wildman–Crippen LogP) is 0.116. The largest absolute Gasteiger partial charge is 0.494 e. The van der Waals surface area contributed by atoms with Crippen molar-refractivity contribution in [1.82, 2.24) is 19.0 Å². The zero-order valence-electron chi connectivity index (χ0n) is 14.5. The van der Waals surface area contributed by atoms with Gasteiger partial charge in [0.2, 0.25) is 0 Å². The van der Waals surface area contributed by atoms with Crippen molar-refractivity contribution in [3.05, 3.63) is 56.4 Å². The third-order valence-corrected chi connectivity index (χ3v) is 4.64. The Bertz CT molecular complexity index is 1160. The van der Waals surface area contributed by atoms with Crippen LogP contribution in [0.4, 0.5) is 4.39 Å². The molecule has 3 heterocycles. The van der Waals surface area contributed by atoms with Crippen LogP contribution in [0.2, 0.25) is 0 Å². The average molecular weight is 372 g/mol. The van der Waals surface area contributed by atoms with E-state index in [0.29, 0.717) is 15.8 Å². The van der Waals surface area contributed by atoms with E-state index in [9.17, 15) is 14.0 Å². The van der Waals surface area contributed by atoms with Gasteiger partial charge in [0, 0.05) is 24.5 Å². The Hall–Kier alpha value is -3.27. The molecule has 0 unspecified atom stereocenters. The van der Waals surface area contributed by atoms with Crippen molar-refractivity contribution in [1.29, 1.82) is 0 Å². The van der Waals surface area contributed by atoms with E-state index in [0.717, 1.165) is 23.4 Å². The standard InChI is InChI=1S/C17H17FN6O3/c1-27-14-12(15-21-5-8(4-19)6-22-15)10(18)7-23-13(14)11(9-2-3-9)16(25)24(20)17(23)26/h5-7,9H,2-4,19-20H2,1H3. The number of aromatic nitrogens is 4. The molecule has 4 rings (SSSR count). The molecule has 1 saturated carbocycles. The fourth-order valence-electron chi connectivity index (χ4n) is 3.15. The molecule has 4 N–H and O–H groups in total. The van der Waals surface area contributed by atoms with Crippen LogP contribution in [0.3, 0.4) is 0 Å². The van der Waals surface area contributed by atoms with Gasteiger partial charge in [-0.05, 0) is 18.8 Å². The van der Waals surface area contributed by atoms with E-state index >= 15 is 0 Å². The molecule has 0 atom stereocenters. The number of ether oxygens (including phenoxy) is 1. The molecule has 0 amide bonds. The Kier molecular flexibility index (Phi) is 3.92. The van der Waals surface area contributed by atoms with E-state index in [4.69, 9.17) is 16.3 Å². The van der Waals surface area contributed by atoms with Crippen molar-refractivity contribution in [3.8, 4) is 17.1 Å². The molecule has 140 valence electrons. The van der Waals surface area contributed by atoms with Gasteiger partial charge in [0.1, 0.15) is 11.1 Å². The van der Waals surface area contributed by atoms with E-state index < -0.39 is 17.1 Å². The van der Waals surface area contributed by atoms with Gasteiger partial charge in [-0.1, -0.05) is 0 Å². The number of methoxy groups -OCH3 is 1. The fourth-order valence-corrected chi connectivity index (χ4v) is 3.15. The molecule has 3 aromatic rings. The van der Waals surface area contributed by atoms with Crippen molar-refractivity contribution in [2.75, 3.05) is 13.0 Å². The second kappa shape index (κ2) is 6.16. The van der Waals surface area contributed by atoms with E-state index in [2.05, 4.69) is 9.97 Å². The van der Waals surface area contributed by atoms with E-state index in [1.54, 1.807) is 0 Å². The lowest BCUT2D eigenvalue weighted by atomic mass is 10.1. The fraction of sp³-hybridized carbons (Fsp3) is 0.294. The second-order valence-electron chi connectivity index (χ2n) is 6.37. The summed E-state index contributed by atoms with van der Waals surface area (Å²) in [7, 11) is 1.33. The summed E-state index contributed by atoms with van der Waals surface area (Å²) < 4.78 is 21.8. The van der Waals surface area contributed by atoms with Crippen LogP contribution in [-0.4, -0.2) is 26.2 Å². The van der Waals surface area contributed by atoms with Crippen molar-refractivity contribution in [3.63, 3.8) is 0 Å². The molecule has 1 aliphatic rings. The van der Waals surface area contributed by atoms with Crippen molar-refractivity contribution in [2.24, 2.45) is 5.73 Å². The summed E-state index contributed by atoms with van der Waals surface area (Å²) in [6.45, 7) is 0.245. The van der Waals surface area contributed by atoms with E-state index in [1.807, 2.05) is 0 Å². The highest BCUT2D eigenvalue weighted by Gasteiger charge is 2.33. The summed E-state index contributed by atoms with van der Waals surface area (Å²) in [5, 5.41) is 0. The number of rotatable bonds is 4. The smallest absolute Gasteiger partial charge is 0.354 e. The third-order valence-electron chi connectivity index (χ3n) is 4.64. The number of nitrogen functional groups attached to an aromatic ring is 1. The number of hydrogen-bond donors (Lipinski definition) is 2. The number of halogens is 1. The van der Waals surface area contributed by atoms with Gasteiger partial charge in [0.15, 0.2) is 17.4 Å². The second-order valence-corrected chi connectivity index (χ2v) is 6.37. The molecule has 9 nitrogen and oxygen atoms in total. The Labute approximate surface area is 152 Å². The predicted molar refractivity (Wildman–Crippen MR) is 95.5 cm³/mol. The molecule has 0 aromatic carbocycles. The van der Waals surface area contributed by atoms with E-state index in [1.165, 1.54) is 19.5 Å². The summed E-state index contributed by atoms with van der Waals surface area (Å²) >= 11 is 0. The first-order valence-electron chi connectivity index (χ1n) is 8.32. The minimum absolute atomic E-state index is 0.0206. The van der Waals surface area contributed by atoms with Crippen molar-refractivity contribution in [2.45, 2.75) is 25.3 Å². The normalized spacial score (nSPS) is 13.9. The molecule has 0 aliphatic heterocycles. The SMILES string of the molecule is COc1c(-c2ncc(CN)cn2)c(F)cn2c(=O)n(N)c(=O)c(C3CC3)c12. The van der Waals surface area contributed by atoms with Crippen molar-refractivity contribution < 1.29 is 9.13 Å². The molecule has 0 saturated heterocycles. The van der Waals surface area contributed by atoms with Gasteiger partial charge < -0.3 is 16.3 Å². The summed E-state index contributed by atoms with van der Waals surface area (Å²) in [6, 6.07) is 0. The van der Waals surface area contributed by atoms with Crippen LogP contribution in [0.5, 0.6) is 5.75 Å². The topological polar surface area (TPSA) is 131 Å². The Balaban J connectivity index is 2.13. The molecule has 3 aromatic heterocycles. The molecule has 10 heteroatoms. The number of hydrogen-bond acceptors (Lipinski definition) is 7. The van der Waals surface area contributed by atoms with Gasteiger partial charge in [-0.25, -0.2) is 19.2 Å². The van der Waals surface area contributed by atoms with Crippen LogP contribution in [-0.2, 0) is 6.54 Å². The molecular formula is C17H17FN6O3. The zero-order chi connectivity index (χ0) is 19.3. The zero-order valence-corrected chi connectivity index (χ0v) is 14.5. The Morgan fingerprint density at radius 2 is 1.96 bits per heavy atom. The molecule has 1 fully saturated rings. The maximum absolute atomic E-state index is 14.9. The first-order valence-corrected chi connectivity index (χ1v) is 8.32. The van der Waals surface area contributed by atoms with Crippen LogP contribution in [0.1, 0.15) is 29.9 Å². The summed E-state index contributed by atoms with van der Waals surface area (Å²) in [6.07, 6.45) is 5.50. The first kappa shape index (κ1) is 17.2.